The summed E-state index contributed by atoms with van der Waals surface area (Å²) in [6, 6.07) is 12.4. The van der Waals surface area contributed by atoms with Crippen LogP contribution in [0.5, 0.6) is 0 Å². The Hall–Kier alpha value is -2.76. The first-order chi connectivity index (χ1) is 13.4. The highest BCUT2D eigenvalue weighted by molar-refractivity contribution is 6.01. The summed E-state index contributed by atoms with van der Waals surface area (Å²) in [4.78, 5) is 19.9. The van der Waals surface area contributed by atoms with Crippen molar-refractivity contribution >= 4 is 11.6 Å². The standard InChI is InChI=1S/C22H24F2N2O2/c1-15(2)9-22(27)26(13-16-5-3-7-18(23)10-16)14-20-12-21(25-28-20)17-6-4-8-19(24)11-17/h3-8,10-11,15,20H,9,12-14H2,1-2H3/t20-/m0/s1. The number of rotatable bonds is 7. The summed E-state index contributed by atoms with van der Waals surface area (Å²) in [7, 11) is 0. The number of carbonyl (C=O) groups excluding carboxylic acids is 1. The van der Waals surface area contributed by atoms with Crippen LogP contribution >= 0.6 is 0 Å². The predicted octanol–water partition coefficient (Wildman–Crippen LogP) is 4.53. The summed E-state index contributed by atoms with van der Waals surface area (Å²) in [6.45, 7) is 4.61. The van der Waals surface area contributed by atoms with E-state index >= 15 is 0 Å². The predicted molar refractivity (Wildman–Crippen MR) is 104 cm³/mol. The average Bonchev–Trinajstić information content (AvgIpc) is 3.09. The molecule has 148 valence electrons. The minimum absolute atomic E-state index is 0.0120. The van der Waals surface area contributed by atoms with E-state index in [2.05, 4.69) is 5.16 Å². The molecule has 1 aliphatic rings. The molecule has 28 heavy (non-hydrogen) atoms. The van der Waals surface area contributed by atoms with Crippen LogP contribution in [0.2, 0.25) is 0 Å². The van der Waals surface area contributed by atoms with Crippen LogP contribution in [0.15, 0.2) is 53.7 Å². The molecule has 1 amide bonds. The molecule has 4 nitrogen and oxygen atoms in total. The summed E-state index contributed by atoms with van der Waals surface area (Å²) in [6.07, 6.45) is 0.570. The van der Waals surface area contributed by atoms with Gasteiger partial charge >= 0.3 is 0 Å². The Balaban J connectivity index is 1.68. The highest BCUT2D eigenvalue weighted by Crippen LogP contribution is 2.20. The van der Waals surface area contributed by atoms with Gasteiger partial charge in [-0.3, -0.25) is 4.79 Å². The van der Waals surface area contributed by atoms with E-state index in [1.807, 2.05) is 13.8 Å². The maximum atomic E-state index is 13.5. The van der Waals surface area contributed by atoms with Gasteiger partial charge in [0, 0.05) is 24.9 Å². The Morgan fingerprint density at radius 3 is 2.57 bits per heavy atom. The number of carbonyl (C=O) groups is 1. The van der Waals surface area contributed by atoms with Crippen molar-refractivity contribution in [1.82, 2.24) is 4.90 Å². The molecule has 0 N–H and O–H groups in total. The lowest BCUT2D eigenvalue weighted by molar-refractivity contribution is -0.134. The van der Waals surface area contributed by atoms with Gasteiger partial charge in [0.05, 0.1) is 12.3 Å². The van der Waals surface area contributed by atoms with Gasteiger partial charge in [0.15, 0.2) is 6.10 Å². The van der Waals surface area contributed by atoms with E-state index in [0.717, 1.165) is 5.56 Å². The number of halogens is 2. The molecule has 0 fully saturated rings. The third kappa shape index (κ3) is 5.38. The van der Waals surface area contributed by atoms with Crippen LogP contribution in [0.3, 0.4) is 0 Å². The molecule has 1 atom stereocenters. The molecule has 0 saturated carbocycles. The first-order valence-corrected chi connectivity index (χ1v) is 9.41. The molecule has 1 aliphatic heterocycles. The van der Waals surface area contributed by atoms with Crippen molar-refractivity contribution in [3.05, 3.63) is 71.3 Å². The number of hydrogen-bond acceptors (Lipinski definition) is 3. The largest absolute Gasteiger partial charge is 0.390 e. The third-order valence-corrected chi connectivity index (χ3v) is 4.51. The average molecular weight is 386 g/mol. The Morgan fingerprint density at radius 2 is 1.89 bits per heavy atom. The van der Waals surface area contributed by atoms with E-state index in [4.69, 9.17) is 4.84 Å². The zero-order chi connectivity index (χ0) is 20.1. The van der Waals surface area contributed by atoms with E-state index in [1.54, 1.807) is 29.2 Å². The molecule has 6 heteroatoms. The molecule has 0 aromatic heterocycles. The molecule has 1 heterocycles. The van der Waals surface area contributed by atoms with Gasteiger partial charge < -0.3 is 9.74 Å². The van der Waals surface area contributed by atoms with Gasteiger partial charge in [-0.1, -0.05) is 43.3 Å². The molecular formula is C22H24F2N2O2. The second-order valence-corrected chi connectivity index (χ2v) is 7.48. The van der Waals surface area contributed by atoms with Crippen LogP contribution in [-0.4, -0.2) is 29.2 Å². The summed E-state index contributed by atoms with van der Waals surface area (Å²) < 4.78 is 27.0. The van der Waals surface area contributed by atoms with Gasteiger partial charge in [0.25, 0.3) is 0 Å². The molecule has 0 bridgehead atoms. The monoisotopic (exact) mass is 386 g/mol. The SMILES string of the molecule is CC(C)CC(=O)N(Cc1cccc(F)c1)C[C@@H]1CC(c2cccc(F)c2)=NO1. The lowest BCUT2D eigenvalue weighted by Gasteiger charge is -2.26. The molecule has 0 radical (unpaired) electrons. The van der Waals surface area contributed by atoms with E-state index < -0.39 is 0 Å². The second-order valence-electron chi connectivity index (χ2n) is 7.48. The first kappa shape index (κ1) is 20.0. The molecule has 0 spiro atoms. The minimum atomic E-state index is -0.331. The highest BCUT2D eigenvalue weighted by atomic mass is 19.1. The van der Waals surface area contributed by atoms with Crippen LogP contribution in [0, 0.1) is 17.6 Å². The fourth-order valence-electron chi connectivity index (χ4n) is 3.20. The Kier molecular flexibility index (Phi) is 6.39. The summed E-state index contributed by atoms with van der Waals surface area (Å²) in [5.74, 6) is -0.459. The van der Waals surface area contributed by atoms with Crippen molar-refractivity contribution in [2.24, 2.45) is 11.1 Å². The number of amides is 1. The topological polar surface area (TPSA) is 41.9 Å². The smallest absolute Gasteiger partial charge is 0.223 e. The number of hydrogen-bond donors (Lipinski definition) is 0. The minimum Gasteiger partial charge on any atom is -0.390 e. The molecule has 3 rings (SSSR count). The summed E-state index contributed by atoms with van der Waals surface area (Å²) >= 11 is 0. The third-order valence-electron chi connectivity index (χ3n) is 4.51. The summed E-state index contributed by atoms with van der Waals surface area (Å²) in [5.41, 5.74) is 2.06. The van der Waals surface area contributed by atoms with Gasteiger partial charge in [0.2, 0.25) is 5.91 Å². The van der Waals surface area contributed by atoms with Crippen LogP contribution in [0.1, 0.15) is 37.8 Å². The van der Waals surface area contributed by atoms with Crippen LogP contribution < -0.4 is 0 Å². The van der Waals surface area contributed by atoms with Crippen LogP contribution in [0.25, 0.3) is 0 Å². The van der Waals surface area contributed by atoms with Crippen LogP contribution in [0.4, 0.5) is 8.78 Å². The number of nitrogens with zero attached hydrogens (tertiary/aromatic N) is 2. The van der Waals surface area contributed by atoms with Crippen molar-refractivity contribution in [1.29, 1.82) is 0 Å². The fraction of sp³-hybridized carbons (Fsp3) is 0.364. The normalized spacial score (nSPS) is 16.0. The number of oxime groups is 1. The Labute approximate surface area is 163 Å². The number of benzene rings is 2. The molecule has 2 aromatic rings. The van der Waals surface area contributed by atoms with Crippen LogP contribution in [-0.2, 0) is 16.2 Å². The molecule has 0 unspecified atom stereocenters. The van der Waals surface area contributed by atoms with Crippen molar-refractivity contribution in [2.45, 2.75) is 39.3 Å². The molecular weight excluding hydrogens is 362 g/mol. The van der Waals surface area contributed by atoms with Crippen molar-refractivity contribution in [3.8, 4) is 0 Å². The zero-order valence-electron chi connectivity index (χ0n) is 16.1. The molecule has 0 saturated heterocycles. The van der Waals surface area contributed by atoms with Gasteiger partial charge in [-0.2, -0.15) is 0 Å². The Morgan fingerprint density at radius 1 is 1.18 bits per heavy atom. The summed E-state index contributed by atoms with van der Waals surface area (Å²) in [5, 5.41) is 4.07. The van der Waals surface area contributed by atoms with E-state index in [0.29, 0.717) is 37.2 Å². The van der Waals surface area contributed by atoms with E-state index in [-0.39, 0.29) is 29.6 Å². The first-order valence-electron chi connectivity index (χ1n) is 9.41. The van der Waals surface area contributed by atoms with Gasteiger partial charge in [-0.15, -0.1) is 0 Å². The second kappa shape index (κ2) is 8.95. The van der Waals surface area contributed by atoms with Gasteiger partial charge in [-0.05, 0) is 35.7 Å². The highest BCUT2D eigenvalue weighted by Gasteiger charge is 2.27. The van der Waals surface area contributed by atoms with Crippen molar-refractivity contribution in [2.75, 3.05) is 6.54 Å². The molecule has 0 aliphatic carbocycles. The Bertz CT molecular complexity index is 867. The van der Waals surface area contributed by atoms with E-state index in [9.17, 15) is 13.6 Å². The van der Waals surface area contributed by atoms with Gasteiger partial charge in [-0.25, -0.2) is 8.78 Å². The lowest BCUT2D eigenvalue weighted by Crippen LogP contribution is -2.37. The van der Waals surface area contributed by atoms with Crippen molar-refractivity contribution in [3.63, 3.8) is 0 Å². The van der Waals surface area contributed by atoms with E-state index in [1.165, 1.54) is 24.3 Å². The molecule has 2 aromatic carbocycles. The quantitative estimate of drug-likeness (QED) is 0.701. The van der Waals surface area contributed by atoms with Gasteiger partial charge in [0.1, 0.15) is 11.6 Å². The lowest BCUT2D eigenvalue weighted by atomic mass is 10.0. The maximum absolute atomic E-state index is 13.5. The fourth-order valence-corrected chi connectivity index (χ4v) is 3.20. The van der Waals surface area contributed by atoms with Crippen molar-refractivity contribution < 1.29 is 18.4 Å². The zero-order valence-corrected chi connectivity index (χ0v) is 16.1. The maximum Gasteiger partial charge on any atom is 0.223 e.